The van der Waals surface area contributed by atoms with Gasteiger partial charge in [0.25, 0.3) is 0 Å². The Hall–Kier alpha value is -3.13. The number of nitrogens with one attached hydrogen (secondary N) is 1. The van der Waals surface area contributed by atoms with E-state index in [1.807, 2.05) is 6.21 Å². The van der Waals surface area contributed by atoms with Crippen molar-refractivity contribution in [3.63, 3.8) is 0 Å². The van der Waals surface area contributed by atoms with Crippen LogP contribution in [-0.4, -0.2) is 6.21 Å². The quantitative estimate of drug-likeness (QED) is 0.348. The molecule has 2 heteroatoms. The smallest absolute Gasteiger partial charge is 0.0630 e. The molecule has 1 aliphatic heterocycles. The summed E-state index contributed by atoms with van der Waals surface area (Å²) in [4.78, 5) is 4.69. The zero-order chi connectivity index (χ0) is 21.4. The van der Waals surface area contributed by atoms with Crippen molar-refractivity contribution in [2.75, 3.05) is 5.32 Å². The summed E-state index contributed by atoms with van der Waals surface area (Å²) in [5.41, 5.74) is 8.87. The molecule has 0 aromatic heterocycles. The van der Waals surface area contributed by atoms with Crippen LogP contribution in [0.2, 0.25) is 0 Å². The molecule has 3 atom stereocenters. The lowest BCUT2D eigenvalue weighted by Gasteiger charge is -2.37. The Morgan fingerprint density at radius 3 is 2.48 bits per heavy atom. The Labute approximate surface area is 185 Å². The largest absolute Gasteiger partial charge is 0.378 e. The van der Waals surface area contributed by atoms with Crippen molar-refractivity contribution in [3.8, 4) is 0 Å². The van der Waals surface area contributed by atoms with E-state index in [1.165, 1.54) is 27.9 Å². The van der Waals surface area contributed by atoms with Crippen LogP contribution in [0, 0.1) is 12.8 Å². The number of nitrogens with zero attached hydrogens (tertiary/aromatic N) is 1. The van der Waals surface area contributed by atoms with Gasteiger partial charge in [0, 0.05) is 17.8 Å². The molecule has 0 amide bonds. The Bertz CT molecular complexity index is 1120. The van der Waals surface area contributed by atoms with Gasteiger partial charge in [0.15, 0.2) is 0 Å². The fourth-order valence-corrected chi connectivity index (χ4v) is 4.93. The van der Waals surface area contributed by atoms with Crippen molar-refractivity contribution in [1.82, 2.24) is 0 Å². The lowest BCUT2D eigenvalue weighted by molar-refractivity contribution is 0.425. The van der Waals surface area contributed by atoms with Crippen LogP contribution in [0.4, 0.5) is 11.4 Å². The fourth-order valence-electron chi connectivity index (χ4n) is 4.93. The number of fused-ring (bicyclic) bond motifs is 3. The molecular formula is C29H30N2. The van der Waals surface area contributed by atoms with Gasteiger partial charge >= 0.3 is 0 Å². The van der Waals surface area contributed by atoms with Gasteiger partial charge in [-0.3, -0.25) is 4.99 Å². The number of aliphatic imine (C=N–C) groups is 1. The first kappa shape index (κ1) is 19.8. The third-order valence-electron chi connectivity index (χ3n) is 6.74. The molecule has 0 saturated carbocycles. The van der Waals surface area contributed by atoms with Crippen LogP contribution in [0.15, 0.2) is 83.9 Å². The maximum absolute atomic E-state index is 4.69. The Balaban J connectivity index is 1.34. The standard InChI is InChI=1S/C29H30N2/c1-19(2)22-10-8-21(9-11-22)18-30-24-14-12-23(13-15-24)29-26-6-4-5-25(26)27-17-20(3)7-16-28(27)31-29/h4-5,7-19,25-26,29,31H,6H2,1-3H3/t25-,26+,29-/m1/s1. The van der Waals surface area contributed by atoms with E-state index < -0.39 is 0 Å². The van der Waals surface area contributed by atoms with Gasteiger partial charge in [-0.1, -0.05) is 80.1 Å². The van der Waals surface area contributed by atoms with E-state index in [0.717, 1.165) is 17.7 Å². The van der Waals surface area contributed by atoms with E-state index in [1.54, 1.807) is 0 Å². The van der Waals surface area contributed by atoms with Crippen LogP contribution in [0.5, 0.6) is 0 Å². The molecule has 0 bridgehead atoms. The molecule has 2 nitrogen and oxygen atoms in total. The summed E-state index contributed by atoms with van der Waals surface area (Å²) in [6.07, 6.45) is 7.83. The van der Waals surface area contributed by atoms with Gasteiger partial charge in [-0.15, -0.1) is 0 Å². The van der Waals surface area contributed by atoms with Crippen molar-refractivity contribution in [3.05, 3.63) is 107 Å². The summed E-state index contributed by atoms with van der Waals surface area (Å²) in [6, 6.07) is 24.5. The zero-order valence-electron chi connectivity index (χ0n) is 18.5. The van der Waals surface area contributed by atoms with Gasteiger partial charge in [0.2, 0.25) is 0 Å². The fraction of sp³-hybridized carbons (Fsp3) is 0.276. The predicted octanol–water partition coefficient (Wildman–Crippen LogP) is 7.70. The number of rotatable bonds is 4. The van der Waals surface area contributed by atoms with Crippen molar-refractivity contribution in [1.29, 1.82) is 0 Å². The number of hydrogen-bond donors (Lipinski definition) is 1. The van der Waals surface area contributed by atoms with Gasteiger partial charge in [-0.05, 0) is 65.6 Å². The zero-order valence-corrected chi connectivity index (χ0v) is 18.5. The summed E-state index contributed by atoms with van der Waals surface area (Å²) in [7, 11) is 0. The first-order valence-corrected chi connectivity index (χ1v) is 11.4. The molecule has 0 radical (unpaired) electrons. The summed E-state index contributed by atoms with van der Waals surface area (Å²) >= 11 is 0. The van der Waals surface area contributed by atoms with E-state index in [2.05, 4.69) is 105 Å². The van der Waals surface area contributed by atoms with Crippen LogP contribution in [0.1, 0.15) is 66.0 Å². The molecule has 1 aliphatic carbocycles. The van der Waals surface area contributed by atoms with E-state index >= 15 is 0 Å². The monoisotopic (exact) mass is 406 g/mol. The average molecular weight is 407 g/mol. The molecular weight excluding hydrogens is 376 g/mol. The second kappa shape index (κ2) is 8.19. The summed E-state index contributed by atoms with van der Waals surface area (Å²) in [5, 5.41) is 3.83. The topological polar surface area (TPSA) is 24.4 Å². The van der Waals surface area contributed by atoms with Gasteiger partial charge in [-0.2, -0.15) is 0 Å². The third-order valence-corrected chi connectivity index (χ3v) is 6.74. The highest BCUT2D eigenvalue weighted by Crippen LogP contribution is 2.50. The molecule has 156 valence electrons. The number of allylic oxidation sites excluding steroid dienone is 2. The minimum atomic E-state index is 0.330. The summed E-state index contributed by atoms with van der Waals surface area (Å²) in [5.74, 6) is 1.63. The average Bonchev–Trinajstić information content (AvgIpc) is 3.28. The Morgan fingerprint density at radius 2 is 1.74 bits per heavy atom. The maximum atomic E-state index is 4.69. The molecule has 1 N–H and O–H groups in total. The molecule has 2 aliphatic rings. The maximum Gasteiger partial charge on any atom is 0.0630 e. The lowest BCUT2D eigenvalue weighted by atomic mass is 9.76. The Morgan fingerprint density at radius 1 is 0.968 bits per heavy atom. The molecule has 3 aromatic carbocycles. The molecule has 0 spiro atoms. The molecule has 0 fully saturated rings. The highest BCUT2D eigenvalue weighted by Gasteiger charge is 2.37. The summed E-state index contributed by atoms with van der Waals surface area (Å²) < 4.78 is 0. The van der Waals surface area contributed by atoms with Gasteiger partial charge in [0.05, 0.1) is 11.7 Å². The van der Waals surface area contributed by atoms with E-state index in [0.29, 0.717) is 23.8 Å². The van der Waals surface area contributed by atoms with Gasteiger partial charge < -0.3 is 5.32 Å². The Kier molecular flexibility index (Phi) is 5.23. The molecule has 1 heterocycles. The molecule has 5 rings (SSSR count). The molecule has 0 saturated heterocycles. The van der Waals surface area contributed by atoms with Crippen LogP contribution < -0.4 is 5.32 Å². The molecule has 31 heavy (non-hydrogen) atoms. The second-order valence-electron chi connectivity index (χ2n) is 9.24. The summed E-state index contributed by atoms with van der Waals surface area (Å²) in [6.45, 7) is 6.61. The normalized spacial score (nSPS) is 21.9. The van der Waals surface area contributed by atoms with Crippen molar-refractivity contribution < 1.29 is 0 Å². The van der Waals surface area contributed by atoms with Crippen molar-refractivity contribution in [2.24, 2.45) is 10.9 Å². The predicted molar refractivity (Wildman–Crippen MR) is 132 cm³/mol. The highest BCUT2D eigenvalue weighted by atomic mass is 15.0. The number of aryl methyl sites for hydroxylation is 1. The first-order valence-electron chi connectivity index (χ1n) is 11.4. The van der Waals surface area contributed by atoms with Crippen molar-refractivity contribution >= 4 is 17.6 Å². The molecule has 3 aromatic rings. The van der Waals surface area contributed by atoms with E-state index in [4.69, 9.17) is 4.99 Å². The second-order valence-corrected chi connectivity index (χ2v) is 9.24. The third kappa shape index (κ3) is 3.95. The SMILES string of the molecule is Cc1ccc2c(c1)[C@@H]1C=CC[C@@H]1[C@@H](c1ccc(N=Cc3ccc(C(C)C)cc3)cc1)N2. The minimum absolute atomic E-state index is 0.330. The van der Waals surface area contributed by atoms with Crippen LogP contribution in [-0.2, 0) is 0 Å². The molecule has 0 unspecified atom stereocenters. The van der Waals surface area contributed by atoms with E-state index in [-0.39, 0.29) is 0 Å². The number of hydrogen-bond acceptors (Lipinski definition) is 2. The van der Waals surface area contributed by atoms with Crippen LogP contribution >= 0.6 is 0 Å². The highest BCUT2D eigenvalue weighted by molar-refractivity contribution is 5.82. The van der Waals surface area contributed by atoms with Gasteiger partial charge in [0.1, 0.15) is 0 Å². The number of benzene rings is 3. The van der Waals surface area contributed by atoms with E-state index in [9.17, 15) is 0 Å². The lowest BCUT2D eigenvalue weighted by Crippen LogP contribution is -2.29. The minimum Gasteiger partial charge on any atom is -0.378 e. The van der Waals surface area contributed by atoms with Crippen molar-refractivity contribution in [2.45, 2.75) is 45.1 Å². The first-order chi connectivity index (χ1) is 15.1. The number of anilines is 1. The van der Waals surface area contributed by atoms with Gasteiger partial charge in [-0.25, -0.2) is 0 Å². The van der Waals surface area contributed by atoms with Crippen LogP contribution in [0.3, 0.4) is 0 Å². The van der Waals surface area contributed by atoms with Crippen LogP contribution in [0.25, 0.3) is 0 Å².